The smallest absolute Gasteiger partial charge is 0.220 e. The molecule has 0 spiro atoms. The third-order valence-electron chi connectivity index (χ3n) is 4.21. The van der Waals surface area contributed by atoms with Gasteiger partial charge in [-0.05, 0) is 36.8 Å². The second-order valence-electron chi connectivity index (χ2n) is 5.94. The normalized spacial score (nSPS) is 17.8. The molecule has 0 saturated carbocycles. The highest BCUT2D eigenvalue weighted by Gasteiger charge is 2.24. The van der Waals surface area contributed by atoms with Crippen LogP contribution in [-0.2, 0) is 27.7 Å². The first-order valence-electron chi connectivity index (χ1n) is 8.33. The monoisotopic (exact) mass is 338 g/mol. The zero-order valence-electron chi connectivity index (χ0n) is 13.8. The van der Waals surface area contributed by atoms with Crippen LogP contribution in [0.2, 0.25) is 0 Å². The van der Waals surface area contributed by atoms with Gasteiger partial charge in [0.05, 0.1) is 5.75 Å². The van der Waals surface area contributed by atoms with Crippen LogP contribution in [0.1, 0.15) is 37.3 Å². The standard InChI is InChI=1S/C17H26N2O3S/c1-2-15-5-7-16(8-6-15)9-10-17(20)18-11-13-19-12-3-4-14-23(19,21)22/h5-8H,2-4,9-14H2,1H3,(H,18,20). The summed E-state index contributed by atoms with van der Waals surface area (Å²) in [5, 5.41) is 2.82. The van der Waals surface area contributed by atoms with Crippen LogP contribution < -0.4 is 5.32 Å². The molecule has 1 fully saturated rings. The van der Waals surface area contributed by atoms with Crippen molar-refractivity contribution in [3.8, 4) is 0 Å². The van der Waals surface area contributed by atoms with Crippen LogP contribution in [0.15, 0.2) is 24.3 Å². The van der Waals surface area contributed by atoms with Crippen molar-refractivity contribution < 1.29 is 13.2 Å². The Bertz CT molecular complexity index is 611. The van der Waals surface area contributed by atoms with Gasteiger partial charge in [-0.15, -0.1) is 0 Å². The highest BCUT2D eigenvalue weighted by Crippen LogP contribution is 2.12. The van der Waals surface area contributed by atoms with Crippen molar-refractivity contribution in [1.82, 2.24) is 9.62 Å². The molecule has 0 atom stereocenters. The van der Waals surface area contributed by atoms with Crippen molar-refractivity contribution >= 4 is 15.9 Å². The third-order valence-corrected chi connectivity index (χ3v) is 6.17. The van der Waals surface area contributed by atoms with E-state index in [0.29, 0.717) is 32.5 Å². The predicted molar refractivity (Wildman–Crippen MR) is 91.7 cm³/mol. The molecule has 1 heterocycles. The molecule has 0 aromatic heterocycles. The highest BCUT2D eigenvalue weighted by molar-refractivity contribution is 7.89. The summed E-state index contributed by atoms with van der Waals surface area (Å²) in [6, 6.07) is 8.31. The Morgan fingerprint density at radius 1 is 1.17 bits per heavy atom. The summed E-state index contributed by atoms with van der Waals surface area (Å²) in [7, 11) is -3.10. The number of aryl methyl sites for hydroxylation is 2. The Balaban J connectivity index is 1.68. The molecule has 0 bridgehead atoms. The van der Waals surface area contributed by atoms with Gasteiger partial charge in [0, 0.05) is 26.1 Å². The molecule has 1 aliphatic rings. The number of nitrogens with one attached hydrogen (secondary N) is 1. The van der Waals surface area contributed by atoms with Crippen LogP contribution in [0, 0.1) is 0 Å². The minimum atomic E-state index is -3.10. The zero-order valence-corrected chi connectivity index (χ0v) is 14.6. The van der Waals surface area contributed by atoms with Crippen LogP contribution >= 0.6 is 0 Å². The number of rotatable bonds is 7. The number of carbonyl (C=O) groups is 1. The van der Waals surface area contributed by atoms with E-state index < -0.39 is 10.0 Å². The quantitative estimate of drug-likeness (QED) is 0.823. The largest absolute Gasteiger partial charge is 0.355 e. The van der Waals surface area contributed by atoms with Gasteiger partial charge in [-0.25, -0.2) is 12.7 Å². The summed E-state index contributed by atoms with van der Waals surface area (Å²) in [6.07, 6.45) is 3.79. The lowest BCUT2D eigenvalue weighted by atomic mass is 10.1. The van der Waals surface area contributed by atoms with Crippen molar-refractivity contribution in [2.75, 3.05) is 25.4 Å². The lowest BCUT2D eigenvalue weighted by Crippen LogP contribution is -2.42. The fraction of sp³-hybridized carbons (Fsp3) is 0.588. The molecule has 1 N–H and O–H groups in total. The first kappa shape index (κ1) is 17.9. The molecule has 1 aliphatic heterocycles. The topological polar surface area (TPSA) is 66.5 Å². The second-order valence-corrected chi connectivity index (χ2v) is 8.03. The van der Waals surface area contributed by atoms with Crippen LogP contribution in [0.5, 0.6) is 0 Å². The van der Waals surface area contributed by atoms with E-state index in [1.807, 2.05) is 0 Å². The van der Waals surface area contributed by atoms with E-state index in [1.165, 1.54) is 9.87 Å². The number of hydrogen-bond donors (Lipinski definition) is 1. The lowest BCUT2D eigenvalue weighted by molar-refractivity contribution is -0.121. The number of benzene rings is 1. The van der Waals surface area contributed by atoms with Crippen LogP contribution in [-0.4, -0.2) is 44.0 Å². The van der Waals surface area contributed by atoms with Gasteiger partial charge in [-0.2, -0.15) is 0 Å². The van der Waals surface area contributed by atoms with E-state index in [4.69, 9.17) is 0 Å². The third kappa shape index (κ3) is 5.62. The molecular weight excluding hydrogens is 312 g/mol. The van der Waals surface area contributed by atoms with E-state index >= 15 is 0 Å². The molecule has 0 aliphatic carbocycles. The predicted octanol–water partition coefficient (Wildman–Crippen LogP) is 1.72. The Morgan fingerprint density at radius 3 is 2.52 bits per heavy atom. The summed E-state index contributed by atoms with van der Waals surface area (Å²) >= 11 is 0. The molecule has 0 unspecified atom stereocenters. The van der Waals surface area contributed by atoms with Gasteiger partial charge in [-0.3, -0.25) is 4.79 Å². The maximum atomic E-state index is 11.9. The Kier molecular flexibility index (Phi) is 6.59. The molecule has 1 aromatic rings. The number of hydrogen-bond acceptors (Lipinski definition) is 3. The summed E-state index contributed by atoms with van der Waals surface area (Å²) < 4.78 is 25.2. The number of carbonyl (C=O) groups excluding carboxylic acids is 1. The van der Waals surface area contributed by atoms with Gasteiger partial charge in [0.1, 0.15) is 0 Å². The van der Waals surface area contributed by atoms with Crippen LogP contribution in [0.25, 0.3) is 0 Å². The van der Waals surface area contributed by atoms with Crippen molar-refractivity contribution in [3.63, 3.8) is 0 Å². The van der Waals surface area contributed by atoms with Gasteiger partial charge in [0.25, 0.3) is 0 Å². The molecule has 23 heavy (non-hydrogen) atoms. The van der Waals surface area contributed by atoms with Crippen molar-refractivity contribution in [3.05, 3.63) is 35.4 Å². The summed E-state index contributed by atoms with van der Waals surface area (Å²) in [6.45, 7) is 3.44. The Morgan fingerprint density at radius 2 is 1.87 bits per heavy atom. The van der Waals surface area contributed by atoms with Crippen molar-refractivity contribution in [2.24, 2.45) is 0 Å². The van der Waals surface area contributed by atoms with Gasteiger partial charge < -0.3 is 5.32 Å². The van der Waals surface area contributed by atoms with Gasteiger partial charge >= 0.3 is 0 Å². The van der Waals surface area contributed by atoms with Gasteiger partial charge in [-0.1, -0.05) is 31.2 Å². The molecule has 128 valence electrons. The number of sulfonamides is 1. The second kappa shape index (κ2) is 8.45. The average Bonchev–Trinajstić information content (AvgIpc) is 2.55. The molecular formula is C17H26N2O3S. The fourth-order valence-corrected chi connectivity index (χ4v) is 4.30. The van der Waals surface area contributed by atoms with Crippen LogP contribution in [0.3, 0.4) is 0 Å². The molecule has 1 amide bonds. The molecule has 1 aromatic carbocycles. The number of amides is 1. The minimum Gasteiger partial charge on any atom is -0.355 e. The van der Waals surface area contributed by atoms with Crippen molar-refractivity contribution in [1.29, 1.82) is 0 Å². The van der Waals surface area contributed by atoms with Gasteiger partial charge in [0.15, 0.2) is 0 Å². The Hall–Kier alpha value is -1.40. The molecule has 0 radical (unpaired) electrons. The van der Waals surface area contributed by atoms with E-state index in [9.17, 15) is 13.2 Å². The maximum absolute atomic E-state index is 11.9. The lowest BCUT2D eigenvalue weighted by Gasteiger charge is -2.26. The van der Waals surface area contributed by atoms with E-state index in [1.54, 1.807) is 0 Å². The minimum absolute atomic E-state index is 0.0287. The molecule has 6 heteroatoms. The molecule has 1 saturated heterocycles. The van der Waals surface area contributed by atoms with Gasteiger partial charge in [0.2, 0.25) is 15.9 Å². The molecule has 2 rings (SSSR count). The Labute approximate surface area is 139 Å². The number of nitrogens with zero attached hydrogens (tertiary/aromatic N) is 1. The fourth-order valence-electron chi connectivity index (χ4n) is 2.70. The first-order chi connectivity index (χ1) is 11.0. The highest BCUT2D eigenvalue weighted by atomic mass is 32.2. The SMILES string of the molecule is CCc1ccc(CCC(=O)NCCN2CCCCS2(=O)=O)cc1. The van der Waals surface area contributed by atoms with E-state index in [-0.39, 0.29) is 11.7 Å². The van der Waals surface area contributed by atoms with E-state index in [0.717, 1.165) is 24.8 Å². The zero-order chi connectivity index (χ0) is 16.7. The summed E-state index contributed by atoms with van der Waals surface area (Å²) in [5.74, 6) is 0.202. The van der Waals surface area contributed by atoms with E-state index in [2.05, 4.69) is 36.5 Å². The summed E-state index contributed by atoms with van der Waals surface area (Å²) in [4.78, 5) is 11.9. The maximum Gasteiger partial charge on any atom is 0.220 e. The van der Waals surface area contributed by atoms with Crippen molar-refractivity contribution in [2.45, 2.75) is 39.0 Å². The molecule has 5 nitrogen and oxygen atoms in total. The average molecular weight is 338 g/mol. The van der Waals surface area contributed by atoms with Crippen LogP contribution in [0.4, 0.5) is 0 Å². The summed E-state index contributed by atoms with van der Waals surface area (Å²) in [5.41, 5.74) is 2.44. The first-order valence-corrected chi connectivity index (χ1v) is 9.94.